The van der Waals surface area contributed by atoms with Gasteiger partial charge in [0.25, 0.3) is 0 Å². The van der Waals surface area contributed by atoms with Gasteiger partial charge in [-0.3, -0.25) is 5.32 Å². The number of hydrogen-bond donors (Lipinski definition) is 1. The van der Waals surface area contributed by atoms with E-state index in [4.69, 9.17) is 34.8 Å². The predicted octanol–water partition coefficient (Wildman–Crippen LogP) is 1.62. The summed E-state index contributed by atoms with van der Waals surface area (Å²) in [6, 6.07) is 0. The lowest BCUT2D eigenvalue weighted by molar-refractivity contribution is 0.719. The molecule has 0 saturated heterocycles. The summed E-state index contributed by atoms with van der Waals surface area (Å²) in [5.41, 5.74) is -0.143. The molecule has 4 heteroatoms. The van der Waals surface area contributed by atoms with E-state index in [1.807, 2.05) is 0 Å². The molecule has 0 rings (SSSR count). The summed E-state index contributed by atoms with van der Waals surface area (Å²) in [7, 11) is 0. The molecule has 0 aromatic carbocycles. The Hall–Kier alpha value is 0.830. The number of halogens is 3. The third-order valence-corrected chi connectivity index (χ3v) is 1.56. The second-order valence-corrected chi connectivity index (χ2v) is 2.48. The van der Waals surface area contributed by atoms with Crippen LogP contribution in [0.25, 0.3) is 0 Å². The van der Waals surface area contributed by atoms with Gasteiger partial charge in [0.1, 0.15) is 0 Å². The number of rotatable bonds is 4. The minimum Gasteiger partial charge on any atom is -0.299 e. The maximum Gasteiger partial charge on any atom is 0.0962 e. The van der Waals surface area contributed by atoms with Crippen LogP contribution >= 0.6 is 34.8 Å². The van der Waals surface area contributed by atoms with Crippen molar-refractivity contribution in [3.63, 3.8) is 0 Å². The van der Waals surface area contributed by atoms with Crippen LogP contribution in [-0.2, 0) is 0 Å². The van der Waals surface area contributed by atoms with E-state index in [-0.39, 0.29) is 5.50 Å². The Morgan fingerprint density at radius 2 is 2.00 bits per heavy atom. The van der Waals surface area contributed by atoms with Gasteiger partial charge in [0, 0.05) is 12.4 Å². The van der Waals surface area contributed by atoms with Crippen LogP contribution in [-0.4, -0.2) is 23.8 Å². The number of nitrogens with one attached hydrogen (secondary N) is 1. The van der Waals surface area contributed by atoms with Crippen LogP contribution in [0.3, 0.4) is 0 Å². The lowest BCUT2D eigenvalue weighted by Crippen LogP contribution is -2.26. The Balaban J connectivity index is 2.86. The van der Waals surface area contributed by atoms with Crippen LogP contribution < -0.4 is 5.32 Å². The van der Waals surface area contributed by atoms with Gasteiger partial charge in [-0.25, -0.2) is 0 Å². The highest BCUT2D eigenvalue weighted by Crippen LogP contribution is 1.92. The molecule has 0 aromatic rings. The van der Waals surface area contributed by atoms with Gasteiger partial charge < -0.3 is 0 Å². The van der Waals surface area contributed by atoms with Gasteiger partial charge in [0.05, 0.1) is 11.4 Å². The highest BCUT2D eigenvalue weighted by atomic mass is 35.5. The third-order valence-electron chi connectivity index (χ3n) is 0.596. The summed E-state index contributed by atoms with van der Waals surface area (Å²) in [4.78, 5) is 0. The molecule has 0 amide bonds. The highest BCUT2D eigenvalue weighted by Gasteiger charge is 1.97. The maximum atomic E-state index is 5.54. The quantitative estimate of drug-likeness (QED) is 0.507. The van der Waals surface area contributed by atoms with Crippen molar-refractivity contribution in [3.05, 3.63) is 0 Å². The number of hydrogen-bond acceptors (Lipinski definition) is 1. The van der Waals surface area contributed by atoms with Crippen LogP contribution in [0.2, 0.25) is 0 Å². The third kappa shape index (κ3) is 4.98. The van der Waals surface area contributed by atoms with E-state index in [0.29, 0.717) is 18.3 Å². The fourth-order valence-corrected chi connectivity index (χ4v) is 0.593. The Labute approximate surface area is 64.3 Å². The molecule has 1 N–H and O–H groups in total. The molecule has 0 heterocycles. The lowest BCUT2D eigenvalue weighted by Gasteiger charge is -2.04. The minimum atomic E-state index is -0.143. The Morgan fingerprint density at radius 1 is 1.38 bits per heavy atom. The van der Waals surface area contributed by atoms with E-state index >= 15 is 0 Å². The predicted molar refractivity (Wildman–Crippen MR) is 39.1 cm³/mol. The first-order chi connectivity index (χ1) is 3.81. The summed E-state index contributed by atoms with van der Waals surface area (Å²) in [6.07, 6.45) is 0. The fourth-order valence-electron chi connectivity index (χ4n) is 0.266. The summed E-state index contributed by atoms with van der Waals surface area (Å²) in [5, 5.41) is 2.88. The average molecular weight is 176 g/mol. The molecule has 0 bridgehead atoms. The zero-order valence-electron chi connectivity index (χ0n) is 4.33. The van der Waals surface area contributed by atoms with Crippen LogP contribution in [0.5, 0.6) is 0 Å². The van der Waals surface area contributed by atoms with Crippen LogP contribution in [0, 0.1) is 0 Å². The molecule has 1 unspecified atom stereocenters. The van der Waals surface area contributed by atoms with Crippen LogP contribution in [0.15, 0.2) is 0 Å². The van der Waals surface area contributed by atoms with Crippen molar-refractivity contribution < 1.29 is 0 Å². The van der Waals surface area contributed by atoms with E-state index in [0.717, 1.165) is 0 Å². The molecule has 0 saturated carbocycles. The van der Waals surface area contributed by atoms with Crippen molar-refractivity contribution >= 4 is 34.8 Å². The largest absolute Gasteiger partial charge is 0.299 e. The first-order valence-corrected chi connectivity index (χ1v) is 3.81. The van der Waals surface area contributed by atoms with Crippen molar-refractivity contribution in [1.29, 1.82) is 0 Å². The smallest absolute Gasteiger partial charge is 0.0962 e. The van der Waals surface area contributed by atoms with Gasteiger partial charge in [-0.2, -0.15) is 0 Å². The molecule has 1 nitrogen and oxygen atoms in total. The van der Waals surface area contributed by atoms with E-state index in [9.17, 15) is 0 Å². The highest BCUT2D eigenvalue weighted by molar-refractivity contribution is 6.27. The van der Waals surface area contributed by atoms with Crippen molar-refractivity contribution in [2.24, 2.45) is 0 Å². The lowest BCUT2D eigenvalue weighted by atomic mass is 10.6. The second-order valence-electron chi connectivity index (χ2n) is 1.26. The van der Waals surface area contributed by atoms with Crippen LogP contribution in [0.4, 0.5) is 0 Å². The molecular weight excluding hydrogens is 168 g/mol. The first-order valence-electron chi connectivity index (χ1n) is 2.30. The summed E-state index contributed by atoms with van der Waals surface area (Å²) in [6.45, 7) is 0.711. The average Bonchev–Trinajstić information content (AvgIpc) is 1.83. The maximum absolute atomic E-state index is 5.54. The second kappa shape index (κ2) is 5.96. The van der Waals surface area contributed by atoms with Crippen molar-refractivity contribution in [2.75, 3.05) is 18.3 Å². The van der Waals surface area contributed by atoms with Gasteiger partial charge in [-0.15, -0.1) is 34.8 Å². The summed E-state index contributed by atoms with van der Waals surface area (Å²) >= 11 is 16.2. The molecule has 50 valence electrons. The Morgan fingerprint density at radius 3 is 2.38 bits per heavy atom. The topological polar surface area (TPSA) is 12.0 Å². The molecule has 1 atom stereocenters. The standard InChI is InChI=1S/C4H8Cl3N/c5-1-2-8-4(7)3-6/h4,8H,1-3H2. The van der Waals surface area contributed by atoms with E-state index in [2.05, 4.69) is 5.32 Å². The Bertz CT molecular complexity index is 50.5. The summed E-state index contributed by atoms with van der Waals surface area (Å²) < 4.78 is 0. The van der Waals surface area contributed by atoms with Gasteiger partial charge in [0.15, 0.2) is 0 Å². The molecular formula is C4H8Cl3N. The van der Waals surface area contributed by atoms with E-state index in [1.54, 1.807) is 0 Å². The van der Waals surface area contributed by atoms with Crippen molar-refractivity contribution in [3.8, 4) is 0 Å². The van der Waals surface area contributed by atoms with Gasteiger partial charge in [0.2, 0.25) is 0 Å². The van der Waals surface area contributed by atoms with E-state index in [1.165, 1.54) is 0 Å². The fraction of sp³-hybridized carbons (Fsp3) is 1.00. The molecule has 0 aliphatic rings. The summed E-state index contributed by atoms with van der Waals surface area (Å²) in [5.74, 6) is 0.985. The van der Waals surface area contributed by atoms with Crippen molar-refractivity contribution in [2.45, 2.75) is 5.50 Å². The van der Waals surface area contributed by atoms with Gasteiger partial charge >= 0.3 is 0 Å². The van der Waals surface area contributed by atoms with E-state index < -0.39 is 0 Å². The molecule has 0 aliphatic carbocycles. The molecule has 0 spiro atoms. The monoisotopic (exact) mass is 175 g/mol. The first kappa shape index (κ1) is 8.83. The molecule has 0 radical (unpaired) electrons. The SMILES string of the molecule is ClCCNC(Cl)CCl. The number of alkyl halides is 3. The minimum absolute atomic E-state index is 0.143. The zero-order valence-corrected chi connectivity index (χ0v) is 6.60. The van der Waals surface area contributed by atoms with Gasteiger partial charge in [-0.1, -0.05) is 0 Å². The Kier molecular flexibility index (Phi) is 6.58. The molecule has 8 heavy (non-hydrogen) atoms. The van der Waals surface area contributed by atoms with Gasteiger partial charge in [-0.05, 0) is 0 Å². The molecule has 0 fully saturated rings. The van der Waals surface area contributed by atoms with Crippen LogP contribution in [0.1, 0.15) is 0 Å². The zero-order chi connectivity index (χ0) is 6.41. The normalized spacial score (nSPS) is 13.9. The van der Waals surface area contributed by atoms with Crippen molar-refractivity contribution in [1.82, 2.24) is 5.32 Å². The molecule has 0 aromatic heterocycles. The molecule has 0 aliphatic heterocycles.